The largest absolute Gasteiger partial charge is 0.507 e. The molecule has 14 nitrogen and oxygen atoms in total. The zero-order valence-electron chi connectivity index (χ0n) is 40.6. The number of fused-ring (bicyclic) bond motifs is 1. The first-order valence-electron chi connectivity index (χ1n) is 23.5. The summed E-state index contributed by atoms with van der Waals surface area (Å²) in [6.45, 7) is 3.25. The summed E-state index contributed by atoms with van der Waals surface area (Å²) in [6.07, 6.45) is 0. The number of benzene rings is 9. The molecule has 10 rings (SSSR count). The molecule has 2 bridgehead atoms. The van der Waals surface area contributed by atoms with Crippen LogP contribution in [0.15, 0.2) is 164 Å². The lowest BCUT2D eigenvalue weighted by Gasteiger charge is -2.29. The Morgan fingerprint density at radius 3 is 1.49 bits per heavy atom. The van der Waals surface area contributed by atoms with Gasteiger partial charge in [0.05, 0.1) is 16.9 Å². The van der Waals surface area contributed by atoms with Crippen LogP contribution < -0.4 is 9.80 Å². The second-order valence-electron chi connectivity index (χ2n) is 18.2. The van der Waals surface area contributed by atoms with E-state index in [2.05, 4.69) is 0 Å². The average Bonchev–Trinajstić information content (AvgIpc) is 3.45. The van der Waals surface area contributed by atoms with E-state index in [4.69, 9.17) is 0 Å². The minimum atomic E-state index is -1.34. The molecule has 0 unspecified atom stereocenters. The molecule has 0 saturated heterocycles. The minimum absolute atomic E-state index is 0.0145. The van der Waals surface area contributed by atoms with Crippen molar-refractivity contribution in [2.75, 3.05) is 9.80 Å². The van der Waals surface area contributed by atoms with Crippen LogP contribution in [-0.2, 0) is 0 Å². The summed E-state index contributed by atoms with van der Waals surface area (Å²) in [6, 6.07) is 40.3. The zero-order valence-corrected chi connectivity index (χ0v) is 40.6. The van der Waals surface area contributed by atoms with Crippen LogP contribution in [-0.4, -0.2) is 62.1 Å². The fourth-order valence-corrected chi connectivity index (χ4v) is 9.81. The molecule has 16 heteroatoms. The Kier molecular flexibility index (Phi) is 12.5. The van der Waals surface area contributed by atoms with Gasteiger partial charge in [0.15, 0.2) is 34.5 Å². The fraction of sp³-hybridized carbons (Fsp3) is 0.0328. The van der Waals surface area contributed by atoms with Gasteiger partial charge in [-0.3, -0.25) is 0 Å². The number of phenols is 10. The molecule has 77 heavy (non-hydrogen) atoms. The summed E-state index contributed by atoms with van der Waals surface area (Å²) in [5, 5.41) is 121. The molecule has 11 N–H and O–H groups in total. The number of carboxylic acid groups (broad SMARTS) is 1. The fourth-order valence-electron chi connectivity index (χ4n) is 9.81. The van der Waals surface area contributed by atoms with Crippen LogP contribution in [0.25, 0.3) is 54.9 Å². The van der Waals surface area contributed by atoms with Crippen molar-refractivity contribution in [3.63, 3.8) is 0 Å². The molecule has 0 aliphatic heterocycles. The molecule has 0 radical (unpaired) electrons. The summed E-state index contributed by atoms with van der Waals surface area (Å²) in [5.74, 6) is -9.48. The number of rotatable bonds is 10. The SMILES string of the molecule is Cc1c(O)c(O)c(O)c(O)c1-c1cc(-c2cc(O)c(O)cc2O)cc(N(c2cccc(F)c2)c2cccccc3c(N(c4cccc(F)c4)c4cc(C(=O)O)cc(-c5cc(O)c(O)cc5O)c4)ccc4ccc2c(C)c43)c1. The van der Waals surface area contributed by atoms with Gasteiger partial charge >= 0.3 is 5.97 Å². The van der Waals surface area contributed by atoms with Gasteiger partial charge in [-0.2, -0.15) is 0 Å². The summed E-state index contributed by atoms with van der Waals surface area (Å²) in [5.41, 5.74) is 2.33. The third-order valence-electron chi connectivity index (χ3n) is 13.4. The second kappa shape index (κ2) is 19.3. The summed E-state index contributed by atoms with van der Waals surface area (Å²) >= 11 is 0. The van der Waals surface area contributed by atoms with E-state index >= 15 is 8.78 Å². The molecular weight excluding hydrogens is 991 g/mol. The van der Waals surface area contributed by atoms with Gasteiger partial charge in [0.2, 0.25) is 11.5 Å². The van der Waals surface area contributed by atoms with Gasteiger partial charge in [0.1, 0.15) is 23.1 Å². The molecule has 0 amide bonds. The maximum absolute atomic E-state index is 15.7. The topological polar surface area (TPSA) is 246 Å². The Morgan fingerprint density at radius 2 is 0.909 bits per heavy atom. The average molecular weight is 1040 g/mol. The van der Waals surface area contributed by atoms with Gasteiger partial charge in [0.25, 0.3) is 0 Å². The number of hydrogen-bond donors (Lipinski definition) is 11. The molecular formula is C61H44F2N2O12. The van der Waals surface area contributed by atoms with Crippen LogP contribution in [0.2, 0.25) is 0 Å². The monoisotopic (exact) mass is 1030 g/mol. The Morgan fingerprint density at radius 1 is 0.403 bits per heavy atom. The van der Waals surface area contributed by atoms with Gasteiger partial charge in [-0.25, -0.2) is 13.6 Å². The van der Waals surface area contributed by atoms with E-state index in [9.17, 15) is 61.0 Å². The highest BCUT2D eigenvalue weighted by Gasteiger charge is 2.27. The number of carboxylic acids is 1. The number of nitrogens with zero attached hydrogens (tertiary/aromatic N) is 2. The lowest BCUT2D eigenvalue weighted by Crippen LogP contribution is -2.12. The quantitative estimate of drug-likeness (QED) is 0.0451. The molecule has 0 fully saturated rings. The van der Waals surface area contributed by atoms with Crippen molar-refractivity contribution in [2.24, 2.45) is 0 Å². The first kappa shape index (κ1) is 49.9. The van der Waals surface area contributed by atoms with Gasteiger partial charge in [0, 0.05) is 67.9 Å². The molecule has 0 aromatic heterocycles. The van der Waals surface area contributed by atoms with Crippen molar-refractivity contribution in [3.05, 3.63) is 192 Å². The normalized spacial score (nSPS) is 11.2. The predicted molar refractivity (Wildman–Crippen MR) is 289 cm³/mol. The standard InChI is InChI=1S/C61H44F2N2O12/c1-30-43-16-14-32-15-17-48(65(40-11-7-9-38(63)25-40)42-21-34(19-36(23-42)61(76)77)46-27-52(69)54(71)29-50(46)67)44(55(30)32)12-4-3-5-13-47(43)64(39-10-6-8-37(62)24-39)41-20-33(45-26-51(68)53(70)28-49(45)66)18-35(22-41)56-31(2)57(72)59(74)60(75)58(56)73/h3-29,66-75H,1-2H3,(H,76,77). The van der Waals surface area contributed by atoms with Gasteiger partial charge < -0.3 is 66.0 Å². The molecule has 0 aliphatic carbocycles. The van der Waals surface area contributed by atoms with Crippen LogP contribution in [0.1, 0.15) is 21.5 Å². The molecule has 0 heterocycles. The maximum atomic E-state index is 15.7. The van der Waals surface area contributed by atoms with Crippen LogP contribution in [0.5, 0.6) is 57.5 Å². The Balaban J connectivity index is 1.28. The van der Waals surface area contributed by atoms with E-state index < -0.39 is 75.1 Å². The molecule has 0 saturated carbocycles. The zero-order chi connectivity index (χ0) is 54.7. The molecule has 10 aromatic rings. The van der Waals surface area contributed by atoms with Crippen LogP contribution in [0.3, 0.4) is 0 Å². The third-order valence-corrected chi connectivity index (χ3v) is 13.4. The molecule has 0 spiro atoms. The number of aromatic hydroxyl groups is 10. The highest BCUT2D eigenvalue weighted by molar-refractivity contribution is 6.13. The van der Waals surface area contributed by atoms with Crippen molar-refractivity contribution in [3.8, 4) is 90.9 Å². The third kappa shape index (κ3) is 8.95. The number of phenolic OH excluding ortho intramolecular Hbond substituents is 10. The molecule has 0 aliphatic rings. The lowest BCUT2D eigenvalue weighted by atomic mass is 9.92. The summed E-state index contributed by atoms with van der Waals surface area (Å²) in [4.78, 5) is 16.2. The summed E-state index contributed by atoms with van der Waals surface area (Å²) in [7, 11) is 0. The molecule has 10 aromatic carbocycles. The lowest BCUT2D eigenvalue weighted by molar-refractivity contribution is 0.0696. The minimum Gasteiger partial charge on any atom is -0.507 e. The first-order chi connectivity index (χ1) is 36.8. The number of aryl methyl sites for hydroxylation is 1. The van der Waals surface area contributed by atoms with Crippen LogP contribution in [0, 0.1) is 25.5 Å². The van der Waals surface area contributed by atoms with E-state index in [1.54, 1.807) is 70.5 Å². The van der Waals surface area contributed by atoms with E-state index in [0.717, 1.165) is 29.7 Å². The van der Waals surface area contributed by atoms with Crippen LogP contribution in [0.4, 0.5) is 42.9 Å². The van der Waals surface area contributed by atoms with E-state index in [1.807, 2.05) is 31.2 Å². The number of aromatic carboxylic acids is 1. The second-order valence-corrected chi connectivity index (χ2v) is 18.2. The van der Waals surface area contributed by atoms with Gasteiger partial charge in [-0.15, -0.1) is 0 Å². The van der Waals surface area contributed by atoms with Gasteiger partial charge in [-0.05, 0) is 144 Å². The maximum Gasteiger partial charge on any atom is 0.335 e. The van der Waals surface area contributed by atoms with Crippen molar-refractivity contribution >= 4 is 61.6 Å². The van der Waals surface area contributed by atoms with Crippen molar-refractivity contribution < 1.29 is 69.7 Å². The van der Waals surface area contributed by atoms with Crippen LogP contribution >= 0.6 is 0 Å². The Hall–Kier alpha value is -10.6. The predicted octanol–water partition coefficient (Wildman–Crippen LogP) is 14.1. The van der Waals surface area contributed by atoms with E-state index in [1.165, 1.54) is 61.5 Å². The number of hydrogen-bond acceptors (Lipinski definition) is 13. The smallest absolute Gasteiger partial charge is 0.335 e. The van der Waals surface area contributed by atoms with Crippen molar-refractivity contribution in [1.82, 2.24) is 0 Å². The number of halogens is 2. The molecule has 0 atom stereocenters. The van der Waals surface area contributed by atoms with E-state index in [0.29, 0.717) is 33.1 Å². The van der Waals surface area contributed by atoms with Crippen molar-refractivity contribution in [1.29, 1.82) is 0 Å². The summed E-state index contributed by atoms with van der Waals surface area (Å²) < 4.78 is 31.1. The number of carbonyl (C=O) groups is 1. The van der Waals surface area contributed by atoms with Gasteiger partial charge in [-0.1, -0.05) is 54.6 Å². The van der Waals surface area contributed by atoms with E-state index in [-0.39, 0.29) is 67.3 Å². The highest BCUT2D eigenvalue weighted by Crippen LogP contribution is 2.54. The Bertz CT molecular complexity index is 4100. The number of anilines is 6. The first-order valence-corrected chi connectivity index (χ1v) is 23.5. The van der Waals surface area contributed by atoms with Crippen molar-refractivity contribution in [2.45, 2.75) is 13.8 Å². The highest BCUT2D eigenvalue weighted by atomic mass is 19.1. The molecule has 384 valence electrons. The Labute approximate surface area is 436 Å².